The van der Waals surface area contributed by atoms with Gasteiger partial charge in [-0.25, -0.2) is 4.79 Å². The van der Waals surface area contributed by atoms with Gasteiger partial charge < -0.3 is 10.1 Å². The molecule has 0 atom stereocenters. The Morgan fingerprint density at radius 2 is 1.76 bits per heavy atom. The van der Waals surface area contributed by atoms with Gasteiger partial charge in [-0.15, -0.1) is 3.89 Å². The number of benzene rings is 2. The van der Waals surface area contributed by atoms with E-state index in [9.17, 15) is 17.1 Å². The number of hydrogen-bond donors (Lipinski definition) is 1. The second-order valence-corrected chi connectivity index (χ2v) is 6.47. The van der Waals surface area contributed by atoms with Crippen LogP contribution in [0.15, 0.2) is 65.6 Å². The van der Waals surface area contributed by atoms with Crippen LogP contribution >= 0.6 is 0 Å². The molecule has 0 fully saturated rings. The Labute approximate surface area is 146 Å². The van der Waals surface area contributed by atoms with Crippen LogP contribution in [0.25, 0.3) is 6.08 Å². The lowest BCUT2D eigenvalue weighted by Gasteiger charge is -2.06. The fourth-order valence-corrected chi connectivity index (χ4v) is 2.74. The van der Waals surface area contributed by atoms with Crippen LogP contribution in [-0.4, -0.2) is 21.1 Å². The lowest BCUT2D eigenvalue weighted by molar-refractivity contribution is 0.140. The van der Waals surface area contributed by atoms with Crippen LogP contribution in [0.5, 0.6) is 0 Å². The van der Waals surface area contributed by atoms with Crippen molar-refractivity contribution in [3.05, 3.63) is 71.8 Å². The van der Waals surface area contributed by atoms with Crippen LogP contribution in [0.4, 0.5) is 8.68 Å². The number of alkyl carbamates (subject to hydrolysis) is 1. The molecule has 0 aliphatic carbocycles. The standard InChI is InChI=1S/C18H18FNO4S/c19-25(22,23)17-12-5-4-10-16(17)11-6-7-13-20-18(21)24-14-15-8-2-1-3-9-15/h1-6,8-12H,7,13-14H2,(H,20,21). The second kappa shape index (κ2) is 8.98. The van der Waals surface area contributed by atoms with E-state index < -0.39 is 16.3 Å². The largest absolute Gasteiger partial charge is 0.445 e. The highest BCUT2D eigenvalue weighted by atomic mass is 32.3. The van der Waals surface area contributed by atoms with E-state index in [4.69, 9.17) is 4.74 Å². The van der Waals surface area contributed by atoms with Crippen molar-refractivity contribution in [3.63, 3.8) is 0 Å². The molecule has 0 radical (unpaired) electrons. The summed E-state index contributed by atoms with van der Waals surface area (Å²) in [6, 6.07) is 15.1. The average Bonchev–Trinajstić information content (AvgIpc) is 2.60. The van der Waals surface area contributed by atoms with Gasteiger partial charge >= 0.3 is 16.3 Å². The SMILES string of the molecule is O=C(NCCC=Cc1ccccc1S(=O)(=O)F)OCc1ccccc1. The molecule has 0 unspecified atom stereocenters. The van der Waals surface area contributed by atoms with Crippen molar-refractivity contribution in [2.24, 2.45) is 0 Å². The molecule has 2 aromatic carbocycles. The first-order chi connectivity index (χ1) is 12.0. The van der Waals surface area contributed by atoms with Crippen LogP contribution < -0.4 is 5.32 Å². The average molecular weight is 363 g/mol. The van der Waals surface area contributed by atoms with E-state index in [-0.39, 0.29) is 17.1 Å². The lowest BCUT2D eigenvalue weighted by atomic mass is 10.2. The maximum absolute atomic E-state index is 13.2. The molecular weight excluding hydrogens is 345 g/mol. The quantitative estimate of drug-likeness (QED) is 0.602. The van der Waals surface area contributed by atoms with E-state index in [0.717, 1.165) is 5.56 Å². The Kier molecular flexibility index (Phi) is 6.71. The van der Waals surface area contributed by atoms with Crippen LogP contribution in [0.3, 0.4) is 0 Å². The van der Waals surface area contributed by atoms with E-state index >= 15 is 0 Å². The molecule has 0 saturated heterocycles. The first-order valence-corrected chi connectivity index (χ1v) is 9.00. The zero-order chi connectivity index (χ0) is 18.1. The molecule has 0 spiro atoms. The van der Waals surface area contributed by atoms with E-state index in [1.54, 1.807) is 12.1 Å². The van der Waals surface area contributed by atoms with Crippen molar-refractivity contribution < 1.29 is 21.8 Å². The van der Waals surface area contributed by atoms with Crippen LogP contribution in [0.2, 0.25) is 0 Å². The molecule has 0 aliphatic rings. The highest BCUT2D eigenvalue weighted by molar-refractivity contribution is 7.86. The summed E-state index contributed by atoms with van der Waals surface area (Å²) in [7, 11) is -4.76. The van der Waals surface area contributed by atoms with Crippen molar-refractivity contribution in [2.75, 3.05) is 6.54 Å². The van der Waals surface area contributed by atoms with Crippen LogP contribution in [0, 0.1) is 0 Å². The zero-order valence-corrected chi connectivity index (χ0v) is 14.2. The summed E-state index contributed by atoms with van der Waals surface area (Å²) in [5, 5.41) is 2.58. The summed E-state index contributed by atoms with van der Waals surface area (Å²) in [4.78, 5) is 11.2. The molecule has 1 N–H and O–H groups in total. The van der Waals surface area contributed by atoms with Gasteiger partial charge in [-0.1, -0.05) is 60.7 Å². The Hall–Kier alpha value is -2.67. The fourth-order valence-electron chi connectivity index (χ4n) is 2.08. The fraction of sp³-hybridized carbons (Fsp3) is 0.167. The molecule has 2 aromatic rings. The molecule has 0 aromatic heterocycles. The van der Waals surface area contributed by atoms with Gasteiger partial charge in [-0.2, -0.15) is 8.42 Å². The van der Waals surface area contributed by atoms with Crippen molar-refractivity contribution in [1.82, 2.24) is 5.32 Å². The van der Waals surface area contributed by atoms with Gasteiger partial charge in [0.05, 0.1) is 0 Å². The summed E-state index contributed by atoms with van der Waals surface area (Å²) in [5.74, 6) is 0. The number of hydrogen-bond acceptors (Lipinski definition) is 4. The molecule has 0 heterocycles. The minimum absolute atomic E-state index is 0.185. The minimum atomic E-state index is -4.76. The highest BCUT2D eigenvalue weighted by Crippen LogP contribution is 2.19. The summed E-state index contributed by atoms with van der Waals surface area (Å²) in [5.41, 5.74) is 1.15. The number of carbonyl (C=O) groups excluding carboxylic acids is 1. The summed E-state index contributed by atoms with van der Waals surface area (Å²) in [6.07, 6.45) is 3.07. The first-order valence-electron chi connectivity index (χ1n) is 7.61. The Bertz CT molecular complexity index is 835. The minimum Gasteiger partial charge on any atom is -0.445 e. The number of ether oxygens (including phenoxy) is 1. The zero-order valence-electron chi connectivity index (χ0n) is 13.4. The van der Waals surface area contributed by atoms with Crippen molar-refractivity contribution in [1.29, 1.82) is 0 Å². The third-order valence-electron chi connectivity index (χ3n) is 3.27. The third kappa shape index (κ3) is 6.39. The molecule has 7 heteroatoms. The van der Waals surface area contributed by atoms with Crippen LogP contribution in [0.1, 0.15) is 17.5 Å². The molecule has 0 bridgehead atoms. The highest BCUT2D eigenvalue weighted by Gasteiger charge is 2.14. The smallest absolute Gasteiger partial charge is 0.407 e. The predicted molar refractivity (Wildman–Crippen MR) is 93.0 cm³/mol. The lowest BCUT2D eigenvalue weighted by Crippen LogP contribution is -2.24. The Morgan fingerprint density at radius 1 is 1.08 bits per heavy atom. The van der Waals surface area contributed by atoms with Crippen molar-refractivity contribution in [2.45, 2.75) is 17.9 Å². The van der Waals surface area contributed by atoms with Crippen molar-refractivity contribution >= 4 is 22.4 Å². The monoisotopic (exact) mass is 363 g/mol. The van der Waals surface area contributed by atoms with Crippen molar-refractivity contribution in [3.8, 4) is 0 Å². The van der Waals surface area contributed by atoms with Crippen LogP contribution in [-0.2, 0) is 21.6 Å². The summed E-state index contributed by atoms with van der Waals surface area (Å²) in [6.45, 7) is 0.499. The van der Waals surface area contributed by atoms with E-state index in [2.05, 4.69) is 5.32 Å². The summed E-state index contributed by atoms with van der Waals surface area (Å²) >= 11 is 0. The Morgan fingerprint density at radius 3 is 2.48 bits per heavy atom. The van der Waals surface area contributed by atoms with Gasteiger partial charge in [0.1, 0.15) is 11.5 Å². The van der Waals surface area contributed by atoms with Gasteiger partial charge in [0, 0.05) is 6.54 Å². The van der Waals surface area contributed by atoms with E-state index in [0.29, 0.717) is 13.0 Å². The van der Waals surface area contributed by atoms with Gasteiger partial charge in [0.25, 0.3) is 0 Å². The molecule has 132 valence electrons. The van der Waals surface area contributed by atoms with E-state index in [1.807, 2.05) is 30.3 Å². The molecular formula is C18H18FNO4S. The molecule has 0 aliphatic heterocycles. The summed E-state index contributed by atoms with van der Waals surface area (Å²) < 4.78 is 40.3. The second-order valence-electron chi connectivity index (χ2n) is 5.16. The first kappa shape index (κ1) is 18.7. The topological polar surface area (TPSA) is 72.5 Å². The van der Waals surface area contributed by atoms with E-state index in [1.165, 1.54) is 24.3 Å². The Balaban J connectivity index is 1.76. The predicted octanol–water partition coefficient (Wildman–Crippen LogP) is 3.67. The number of amides is 1. The van der Waals surface area contributed by atoms with Gasteiger partial charge in [-0.05, 0) is 23.6 Å². The molecule has 5 nitrogen and oxygen atoms in total. The van der Waals surface area contributed by atoms with Gasteiger partial charge in [0.2, 0.25) is 0 Å². The number of carbonyl (C=O) groups is 1. The number of halogens is 1. The molecule has 0 saturated carbocycles. The third-order valence-corrected chi connectivity index (χ3v) is 4.17. The normalized spacial score (nSPS) is 11.4. The molecule has 1 amide bonds. The maximum Gasteiger partial charge on any atom is 0.407 e. The molecule has 2 rings (SSSR count). The number of rotatable bonds is 7. The maximum atomic E-state index is 13.2. The molecule has 25 heavy (non-hydrogen) atoms. The number of nitrogens with one attached hydrogen (secondary N) is 1. The van der Waals surface area contributed by atoms with Gasteiger partial charge in [-0.3, -0.25) is 0 Å². The van der Waals surface area contributed by atoms with Gasteiger partial charge in [0.15, 0.2) is 0 Å².